The van der Waals surface area contributed by atoms with Gasteiger partial charge in [-0.2, -0.15) is 18.3 Å². The molecule has 3 rings (SSSR count). The van der Waals surface area contributed by atoms with E-state index < -0.39 is 11.7 Å². The number of rotatable bonds is 5. The highest BCUT2D eigenvalue weighted by Gasteiger charge is 2.30. The Kier molecular flexibility index (Phi) is 5.21. The van der Waals surface area contributed by atoms with Gasteiger partial charge in [-0.15, -0.1) is 0 Å². The number of carbonyl (C=O) groups excluding carboxylic acids is 1. The molecule has 0 aromatic carbocycles. The van der Waals surface area contributed by atoms with Gasteiger partial charge in [0.2, 0.25) is 5.91 Å². The predicted octanol–water partition coefficient (Wildman–Crippen LogP) is 3.41. The van der Waals surface area contributed by atoms with Gasteiger partial charge in [0.1, 0.15) is 0 Å². The van der Waals surface area contributed by atoms with E-state index in [1.807, 2.05) is 0 Å². The molecule has 26 heavy (non-hydrogen) atoms. The van der Waals surface area contributed by atoms with Crippen LogP contribution in [0.15, 0.2) is 60.1 Å². The molecule has 134 valence electrons. The van der Waals surface area contributed by atoms with Gasteiger partial charge in [0.25, 0.3) is 0 Å². The van der Waals surface area contributed by atoms with Crippen LogP contribution in [0.25, 0.3) is 5.82 Å². The second kappa shape index (κ2) is 7.56. The van der Waals surface area contributed by atoms with Gasteiger partial charge in [-0.25, -0.2) is 14.6 Å². The number of carbonyl (C=O) groups is 1. The van der Waals surface area contributed by atoms with Crippen molar-refractivity contribution in [2.45, 2.75) is 11.2 Å². The summed E-state index contributed by atoms with van der Waals surface area (Å²) >= 11 is 1.04. The van der Waals surface area contributed by atoms with Crippen molar-refractivity contribution >= 4 is 23.4 Å². The third-order valence-corrected chi connectivity index (χ3v) is 4.14. The number of hydrogen-bond donors (Lipinski definition) is 1. The first-order valence-electron chi connectivity index (χ1n) is 7.34. The Morgan fingerprint density at radius 3 is 2.65 bits per heavy atom. The van der Waals surface area contributed by atoms with Crippen molar-refractivity contribution in [2.75, 3.05) is 11.1 Å². The Labute approximate surface area is 150 Å². The molecule has 0 aliphatic heterocycles. The van der Waals surface area contributed by atoms with E-state index in [0.717, 1.165) is 24.0 Å². The van der Waals surface area contributed by atoms with E-state index in [0.29, 0.717) is 16.5 Å². The normalized spacial score (nSPS) is 11.3. The van der Waals surface area contributed by atoms with E-state index in [4.69, 9.17) is 0 Å². The highest BCUT2D eigenvalue weighted by molar-refractivity contribution is 7.99. The van der Waals surface area contributed by atoms with Crippen molar-refractivity contribution in [3.8, 4) is 5.82 Å². The molecule has 1 amide bonds. The van der Waals surface area contributed by atoms with E-state index in [2.05, 4.69) is 20.4 Å². The molecule has 0 radical (unpaired) electrons. The molecule has 0 unspecified atom stereocenters. The van der Waals surface area contributed by atoms with Crippen LogP contribution in [0, 0.1) is 0 Å². The van der Waals surface area contributed by atoms with Gasteiger partial charge in [0.15, 0.2) is 5.82 Å². The molecule has 0 saturated heterocycles. The lowest BCUT2D eigenvalue weighted by atomic mass is 10.3. The molecule has 3 heterocycles. The van der Waals surface area contributed by atoms with Crippen LogP contribution in [-0.4, -0.2) is 31.4 Å². The lowest BCUT2D eigenvalue weighted by Crippen LogP contribution is -2.16. The molecule has 10 heteroatoms. The van der Waals surface area contributed by atoms with Gasteiger partial charge in [0.05, 0.1) is 22.0 Å². The van der Waals surface area contributed by atoms with Crippen LogP contribution in [-0.2, 0) is 11.0 Å². The first-order chi connectivity index (χ1) is 12.4. The zero-order chi connectivity index (χ0) is 18.6. The second-order valence-electron chi connectivity index (χ2n) is 5.04. The zero-order valence-corrected chi connectivity index (χ0v) is 14.0. The monoisotopic (exact) mass is 379 g/mol. The van der Waals surface area contributed by atoms with Gasteiger partial charge < -0.3 is 5.32 Å². The van der Waals surface area contributed by atoms with E-state index >= 15 is 0 Å². The first kappa shape index (κ1) is 17.9. The fourth-order valence-corrected chi connectivity index (χ4v) is 2.67. The Morgan fingerprint density at radius 2 is 2.00 bits per heavy atom. The lowest BCUT2D eigenvalue weighted by molar-refractivity contribution is -0.137. The third kappa shape index (κ3) is 4.39. The molecule has 3 aromatic heterocycles. The average molecular weight is 379 g/mol. The summed E-state index contributed by atoms with van der Waals surface area (Å²) < 4.78 is 39.0. The summed E-state index contributed by atoms with van der Waals surface area (Å²) in [5, 5.41) is 7.11. The molecule has 1 N–H and O–H groups in total. The van der Waals surface area contributed by atoms with E-state index in [1.54, 1.807) is 36.8 Å². The maximum Gasteiger partial charge on any atom is 0.417 e. The summed E-state index contributed by atoms with van der Waals surface area (Å²) in [7, 11) is 0. The van der Waals surface area contributed by atoms with E-state index in [9.17, 15) is 18.0 Å². The molecule has 0 fully saturated rings. The fourth-order valence-electron chi connectivity index (χ4n) is 2.03. The summed E-state index contributed by atoms with van der Waals surface area (Å²) in [6.45, 7) is 0. The molecular formula is C16H12F3N5OS. The number of anilines is 1. The summed E-state index contributed by atoms with van der Waals surface area (Å²) in [5.74, 6) is 0.118. The largest absolute Gasteiger partial charge is 0.417 e. The number of halogens is 3. The molecule has 6 nitrogen and oxygen atoms in total. The fraction of sp³-hybridized carbons (Fsp3) is 0.125. The number of aromatic nitrogens is 4. The molecule has 0 spiro atoms. The number of hydrogen-bond acceptors (Lipinski definition) is 5. The van der Waals surface area contributed by atoms with Crippen molar-refractivity contribution in [2.24, 2.45) is 0 Å². The number of alkyl halides is 3. The second-order valence-corrected chi connectivity index (χ2v) is 6.04. The topological polar surface area (TPSA) is 72.7 Å². The minimum Gasteiger partial charge on any atom is -0.322 e. The Bertz CT molecular complexity index is 882. The van der Waals surface area contributed by atoms with Crippen molar-refractivity contribution in [3.63, 3.8) is 0 Å². The Hall–Kier alpha value is -2.88. The van der Waals surface area contributed by atoms with Crippen LogP contribution >= 0.6 is 11.8 Å². The highest BCUT2D eigenvalue weighted by Crippen LogP contribution is 2.29. The van der Waals surface area contributed by atoms with Gasteiger partial charge in [0, 0.05) is 24.8 Å². The number of nitrogens with zero attached hydrogens (tertiary/aromatic N) is 4. The van der Waals surface area contributed by atoms with E-state index in [1.165, 1.54) is 10.7 Å². The average Bonchev–Trinajstić information content (AvgIpc) is 3.14. The van der Waals surface area contributed by atoms with Gasteiger partial charge in [-0.3, -0.25) is 4.79 Å². The summed E-state index contributed by atoms with van der Waals surface area (Å²) in [5.41, 5.74) is -0.354. The van der Waals surface area contributed by atoms with Crippen molar-refractivity contribution in [1.82, 2.24) is 19.7 Å². The van der Waals surface area contributed by atoms with E-state index in [-0.39, 0.29) is 11.7 Å². The van der Waals surface area contributed by atoms with Crippen molar-refractivity contribution < 1.29 is 18.0 Å². The summed E-state index contributed by atoms with van der Waals surface area (Å²) in [6.07, 6.45) is 1.17. The van der Waals surface area contributed by atoms with Crippen molar-refractivity contribution in [3.05, 3.63) is 60.7 Å². The standard InChI is InChI=1S/C16H12F3N5OS/c17-16(18,19)11-4-5-14(21-9-11)26-10-13(25)23-12-3-1-6-20-15(12)24-8-2-7-22-24/h1-9H,10H2,(H,23,25). The maximum atomic E-state index is 12.5. The van der Waals surface area contributed by atoms with Crippen LogP contribution in [0.1, 0.15) is 5.56 Å². The van der Waals surface area contributed by atoms with Gasteiger partial charge >= 0.3 is 6.18 Å². The molecule has 3 aromatic rings. The summed E-state index contributed by atoms with van der Waals surface area (Å²) in [4.78, 5) is 20.0. The van der Waals surface area contributed by atoms with Crippen LogP contribution < -0.4 is 5.32 Å². The van der Waals surface area contributed by atoms with Gasteiger partial charge in [-0.05, 0) is 30.3 Å². The molecule has 0 bridgehead atoms. The summed E-state index contributed by atoms with van der Waals surface area (Å²) in [6, 6.07) is 7.26. The smallest absolute Gasteiger partial charge is 0.322 e. The number of amides is 1. The molecular weight excluding hydrogens is 367 g/mol. The maximum absolute atomic E-state index is 12.5. The van der Waals surface area contributed by atoms with Crippen LogP contribution in [0.2, 0.25) is 0 Å². The Morgan fingerprint density at radius 1 is 1.15 bits per heavy atom. The number of thioether (sulfide) groups is 1. The number of nitrogens with one attached hydrogen (secondary N) is 1. The molecule has 0 atom stereocenters. The minimum absolute atomic E-state index is 0.00813. The number of pyridine rings is 2. The van der Waals surface area contributed by atoms with Crippen LogP contribution in [0.3, 0.4) is 0 Å². The highest BCUT2D eigenvalue weighted by atomic mass is 32.2. The first-order valence-corrected chi connectivity index (χ1v) is 8.33. The quantitative estimate of drug-likeness (QED) is 0.688. The van der Waals surface area contributed by atoms with Crippen molar-refractivity contribution in [1.29, 1.82) is 0 Å². The molecule has 0 aliphatic rings. The lowest BCUT2D eigenvalue weighted by Gasteiger charge is -2.10. The van der Waals surface area contributed by atoms with Crippen LogP contribution in [0.4, 0.5) is 18.9 Å². The molecule has 0 aliphatic carbocycles. The van der Waals surface area contributed by atoms with Gasteiger partial charge in [-0.1, -0.05) is 11.8 Å². The third-order valence-electron chi connectivity index (χ3n) is 3.20. The predicted molar refractivity (Wildman–Crippen MR) is 90.0 cm³/mol. The SMILES string of the molecule is O=C(CSc1ccc(C(F)(F)F)cn1)Nc1cccnc1-n1cccn1. The zero-order valence-electron chi connectivity index (χ0n) is 13.1. The molecule has 0 saturated carbocycles. The Balaban J connectivity index is 1.62. The minimum atomic E-state index is -4.43. The van der Waals surface area contributed by atoms with Crippen LogP contribution in [0.5, 0.6) is 0 Å².